The fraction of sp³-hybridized carbons (Fsp3) is 0.722. The highest BCUT2D eigenvalue weighted by Gasteiger charge is 2.17. The van der Waals surface area contributed by atoms with Gasteiger partial charge in [-0.2, -0.15) is 0 Å². The summed E-state index contributed by atoms with van der Waals surface area (Å²) in [6, 6.07) is 4.88. The molecule has 130 valence electrons. The summed E-state index contributed by atoms with van der Waals surface area (Å²) in [5, 5.41) is 6.74. The normalized spacial score (nSPS) is 16.7. The molecule has 0 unspecified atom stereocenters. The number of nitrogens with one attached hydrogen (secondary N) is 2. The summed E-state index contributed by atoms with van der Waals surface area (Å²) < 4.78 is 2.17. The van der Waals surface area contributed by atoms with E-state index in [0.29, 0.717) is 0 Å². The maximum Gasteiger partial charge on any atom is 0.191 e. The molecule has 0 spiro atoms. The standard InChI is InChI=1S/C18H33N5/c1-3-19-18(21-12-16-23-13-7-8-14-23)20-11-15-22(2)17-9-5-4-6-10-17/h7-8,13-14,17H,3-6,9-12,15-16H2,1-2H3,(H2,19,20,21). The van der Waals surface area contributed by atoms with Crippen LogP contribution in [-0.2, 0) is 6.54 Å². The zero-order valence-electron chi connectivity index (χ0n) is 14.8. The van der Waals surface area contributed by atoms with Gasteiger partial charge in [0.2, 0.25) is 0 Å². The van der Waals surface area contributed by atoms with Gasteiger partial charge in [-0.05, 0) is 38.9 Å². The van der Waals surface area contributed by atoms with E-state index < -0.39 is 0 Å². The maximum absolute atomic E-state index is 4.71. The molecule has 5 heteroatoms. The average molecular weight is 319 g/mol. The monoisotopic (exact) mass is 319 g/mol. The van der Waals surface area contributed by atoms with Crippen molar-refractivity contribution in [1.82, 2.24) is 20.1 Å². The minimum Gasteiger partial charge on any atom is -0.357 e. The third-order valence-corrected chi connectivity index (χ3v) is 4.59. The lowest BCUT2D eigenvalue weighted by Gasteiger charge is -2.30. The van der Waals surface area contributed by atoms with Crippen molar-refractivity contribution in [2.45, 2.75) is 51.6 Å². The number of nitrogens with zero attached hydrogens (tertiary/aromatic N) is 3. The lowest BCUT2D eigenvalue weighted by atomic mass is 9.94. The molecule has 0 atom stereocenters. The van der Waals surface area contributed by atoms with Gasteiger partial charge in [-0.1, -0.05) is 19.3 Å². The molecule has 2 N–H and O–H groups in total. The van der Waals surface area contributed by atoms with Crippen molar-refractivity contribution in [3.63, 3.8) is 0 Å². The van der Waals surface area contributed by atoms with E-state index in [2.05, 4.69) is 58.6 Å². The van der Waals surface area contributed by atoms with Gasteiger partial charge in [0.25, 0.3) is 0 Å². The van der Waals surface area contributed by atoms with E-state index in [1.807, 2.05) is 0 Å². The van der Waals surface area contributed by atoms with E-state index in [1.54, 1.807) is 0 Å². The lowest BCUT2D eigenvalue weighted by Crippen LogP contribution is -2.40. The predicted molar refractivity (Wildman–Crippen MR) is 97.9 cm³/mol. The number of likely N-dealkylation sites (N-methyl/N-ethyl adjacent to an activating group) is 1. The van der Waals surface area contributed by atoms with Crippen LogP contribution in [-0.4, -0.2) is 54.7 Å². The average Bonchev–Trinajstić information content (AvgIpc) is 3.09. The molecule has 0 bridgehead atoms. The quantitative estimate of drug-likeness (QED) is 0.571. The molecule has 23 heavy (non-hydrogen) atoms. The highest BCUT2D eigenvalue weighted by atomic mass is 15.2. The number of rotatable bonds is 8. The smallest absolute Gasteiger partial charge is 0.191 e. The first-order valence-electron chi connectivity index (χ1n) is 9.12. The molecule has 1 aromatic heterocycles. The molecule has 1 saturated carbocycles. The first-order chi connectivity index (χ1) is 11.3. The van der Waals surface area contributed by atoms with Crippen molar-refractivity contribution in [2.75, 3.05) is 33.2 Å². The van der Waals surface area contributed by atoms with E-state index in [9.17, 15) is 0 Å². The SMILES string of the molecule is CCNC(=NCCN(C)C1CCCCC1)NCCn1cccc1. The Balaban J connectivity index is 1.69. The summed E-state index contributed by atoms with van der Waals surface area (Å²) in [7, 11) is 2.25. The Morgan fingerprint density at radius 2 is 1.91 bits per heavy atom. The maximum atomic E-state index is 4.71. The summed E-state index contributed by atoms with van der Waals surface area (Å²) in [6.07, 6.45) is 11.1. The Morgan fingerprint density at radius 3 is 2.61 bits per heavy atom. The minimum absolute atomic E-state index is 0.767. The van der Waals surface area contributed by atoms with Crippen LogP contribution in [0.1, 0.15) is 39.0 Å². The highest BCUT2D eigenvalue weighted by molar-refractivity contribution is 5.79. The Morgan fingerprint density at radius 1 is 1.17 bits per heavy atom. The van der Waals surface area contributed by atoms with Gasteiger partial charge in [0, 0.05) is 44.6 Å². The van der Waals surface area contributed by atoms with Crippen molar-refractivity contribution >= 4 is 5.96 Å². The van der Waals surface area contributed by atoms with Gasteiger partial charge in [0.1, 0.15) is 0 Å². The molecule has 2 rings (SSSR count). The molecule has 0 amide bonds. The molecule has 0 aromatic carbocycles. The second-order valence-electron chi connectivity index (χ2n) is 6.38. The summed E-state index contributed by atoms with van der Waals surface area (Å²) in [5.41, 5.74) is 0. The molecule has 0 saturated heterocycles. The van der Waals surface area contributed by atoms with Gasteiger partial charge in [0.15, 0.2) is 5.96 Å². The van der Waals surface area contributed by atoms with E-state index >= 15 is 0 Å². The van der Waals surface area contributed by atoms with Crippen molar-refractivity contribution in [3.05, 3.63) is 24.5 Å². The van der Waals surface area contributed by atoms with Gasteiger partial charge in [-0.15, -0.1) is 0 Å². The van der Waals surface area contributed by atoms with E-state index in [-0.39, 0.29) is 0 Å². The van der Waals surface area contributed by atoms with Crippen LogP contribution in [0.3, 0.4) is 0 Å². The van der Waals surface area contributed by atoms with Crippen LogP contribution in [0.15, 0.2) is 29.5 Å². The summed E-state index contributed by atoms with van der Waals surface area (Å²) in [4.78, 5) is 7.20. The Kier molecular flexibility index (Phi) is 8.01. The molecule has 1 fully saturated rings. The van der Waals surface area contributed by atoms with Gasteiger partial charge >= 0.3 is 0 Å². The molecule has 1 aliphatic rings. The molecule has 1 aromatic rings. The highest BCUT2D eigenvalue weighted by Crippen LogP contribution is 2.21. The second kappa shape index (κ2) is 10.3. The van der Waals surface area contributed by atoms with Crippen LogP contribution < -0.4 is 10.6 Å². The van der Waals surface area contributed by atoms with E-state index in [4.69, 9.17) is 4.99 Å². The first-order valence-corrected chi connectivity index (χ1v) is 9.12. The predicted octanol–water partition coefficient (Wildman–Crippen LogP) is 2.31. The molecule has 0 radical (unpaired) electrons. The molecule has 1 aliphatic carbocycles. The Bertz CT molecular complexity index is 434. The largest absolute Gasteiger partial charge is 0.357 e. The van der Waals surface area contributed by atoms with Crippen LogP contribution in [0.25, 0.3) is 0 Å². The Hall–Kier alpha value is -1.49. The van der Waals surface area contributed by atoms with Crippen molar-refractivity contribution in [1.29, 1.82) is 0 Å². The molecule has 1 heterocycles. The molecule has 0 aliphatic heterocycles. The van der Waals surface area contributed by atoms with Gasteiger partial charge in [-0.3, -0.25) is 4.99 Å². The van der Waals surface area contributed by atoms with Crippen molar-refractivity contribution in [2.24, 2.45) is 4.99 Å². The van der Waals surface area contributed by atoms with Gasteiger partial charge in [0.05, 0.1) is 6.54 Å². The third kappa shape index (κ3) is 6.65. The summed E-state index contributed by atoms with van der Waals surface area (Å²) in [5.74, 6) is 0.928. The molecule has 5 nitrogen and oxygen atoms in total. The van der Waals surface area contributed by atoms with Gasteiger partial charge in [-0.25, -0.2) is 0 Å². The summed E-state index contributed by atoms with van der Waals surface area (Å²) in [6.45, 7) is 6.74. The Labute approximate surface area is 141 Å². The second-order valence-corrected chi connectivity index (χ2v) is 6.38. The summed E-state index contributed by atoms with van der Waals surface area (Å²) >= 11 is 0. The lowest BCUT2D eigenvalue weighted by molar-refractivity contribution is 0.196. The third-order valence-electron chi connectivity index (χ3n) is 4.59. The van der Waals surface area contributed by atoms with E-state index in [1.165, 1.54) is 32.1 Å². The fourth-order valence-corrected chi connectivity index (χ4v) is 3.19. The molecular weight excluding hydrogens is 286 g/mol. The van der Waals surface area contributed by atoms with Crippen molar-refractivity contribution < 1.29 is 0 Å². The van der Waals surface area contributed by atoms with Crippen LogP contribution in [0.4, 0.5) is 0 Å². The van der Waals surface area contributed by atoms with Gasteiger partial charge < -0.3 is 20.1 Å². The number of hydrogen-bond acceptors (Lipinski definition) is 2. The van der Waals surface area contributed by atoms with Crippen molar-refractivity contribution in [3.8, 4) is 0 Å². The first kappa shape index (κ1) is 17.9. The zero-order chi connectivity index (χ0) is 16.3. The minimum atomic E-state index is 0.767. The number of aliphatic imine (C=N–C) groups is 1. The fourth-order valence-electron chi connectivity index (χ4n) is 3.19. The number of aromatic nitrogens is 1. The van der Waals surface area contributed by atoms with Crippen LogP contribution in [0.2, 0.25) is 0 Å². The number of hydrogen-bond donors (Lipinski definition) is 2. The zero-order valence-corrected chi connectivity index (χ0v) is 14.8. The van der Waals surface area contributed by atoms with Crippen LogP contribution in [0, 0.1) is 0 Å². The van der Waals surface area contributed by atoms with E-state index in [0.717, 1.165) is 44.7 Å². The van der Waals surface area contributed by atoms with Crippen LogP contribution >= 0.6 is 0 Å². The van der Waals surface area contributed by atoms with Crippen LogP contribution in [0.5, 0.6) is 0 Å². The topological polar surface area (TPSA) is 44.6 Å². The molecular formula is C18H33N5. The number of guanidine groups is 1.